The number of likely N-dealkylation sites (N-methyl/N-ethyl adjacent to an activating group) is 1. The minimum Gasteiger partial charge on any atom is -0.344 e. The molecule has 6 heteroatoms. The Labute approximate surface area is 142 Å². The van der Waals surface area contributed by atoms with Crippen molar-refractivity contribution in [1.29, 1.82) is 0 Å². The maximum absolute atomic E-state index is 12.4. The summed E-state index contributed by atoms with van der Waals surface area (Å²) in [6.07, 6.45) is 8.33. The van der Waals surface area contributed by atoms with Crippen LogP contribution in [-0.4, -0.2) is 51.7 Å². The van der Waals surface area contributed by atoms with Crippen molar-refractivity contribution < 1.29 is 9.59 Å². The van der Waals surface area contributed by atoms with Crippen LogP contribution in [0, 0.1) is 0 Å². The number of imidazole rings is 1. The highest BCUT2D eigenvalue weighted by molar-refractivity contribution is 5.90. The highest BCUT2D eigenvalue weighted by Gasteiger charge is 2.27. The van der Waals surface area contributed by atoms with Crippen LogP contribution in [0.25, 0.3) is 0 Å². The van der Waals surface area contributed by atoms with E-state index in [0.29, 0.717) is 19.0 Å². The number of carbonyl (C=O) groups is 2. The monoisotopic (exact) mass is 330 g/mol. The van der Waals surface area contributed by atoms with Gasteiger partial charge in [0.05, 0.1) is 24.5 Å². The van der Waals surface area contributed by atoms with E-state index in [4.69, 9.17) is 4.98 Å². The van der Waals surface area contributed by atoms with Gasteiger partial charge in [-0.05, 0) is 18.9 Å². The number of nitrogens with one attached hydrogen (secondary N) is 1. The van der Waals surface area contributed by atoms with E-state index in [2.05, 4.69) is 11.6 Å². The quantitative estimate of drug-likeness (QED) is 0.858. The zero-order valence-electron chi connectivity index (χ0n) is 14.4. The summed E-state index contributed by atoms with van der Waals surface area (Å²) >= 11 is 0. The van der Waals surface area contributed by atoms with Gasteiger partial charge < -0.3 is 14.8 Å². The SMILES string of the molecule is C=CC(=O)N(C)CC(=O)N1CCc2nc(C3CCCCC3)[nH]c2C1. The predicted octanol–water partition coefficient (Wildman–Crippen LogP) is 1.99. The molecular weight excluding hydrogens is 304 g/mol. The Hall–Kier alpha value is -2.11. The van der Waals surface area contributed by atoms with Crippen LogP contribution >= 0.6 is 0 Å². The minimum absolute atomic E-state index is 0.0350. The number of rotatable bonds is 4. The Morgan fingerprint density at radius 1 is 1.38 bits per heavy atom. The molecule has 0 radical (unpaired) electrons. The molecule has 2 aliphatic rings. The number of hydrogen-bond acceptors (Lipinski definition) is 3. The van der Waals surface area contributed by atoms with Gasteiger partial charge in [0, 0.05) is 25.9 Å². The van der Waals surface area contributed by atoms with Gasteiger partial charge in [-0.2, -0.15) is 0 Å². The summed E-state index contributed by atoms with van der Waals surface area (Å²) in [5, 5.41) is 0. The predicted molar refractivity (Wildman–Crippen MR) is 91.4 cm³/mol. The molecule has 0 spiro atoms. The highest BCUT2D eigenvalue weighted by atomic mass is 16.2. The summed E-state index contributed by atoms with van der Waals surface area (Å²) < 4.78 is 0. The second kappa shape index (κ2) is 7.20. The maximum atomic E-state index is 12.4. The van der Waals surface area contributed by atoms with Crippen molar-refractivity contribution in [2.75, 3.05) is 20.1 Å². The first kappa shape index (κ1) is 16.7. The number of carbonyl (C=O) groups excluding carboxylic acids is 2. The second-order valence-corrected chi connectivity index (χ2v) is 6.85. The molecule has 0 atom stereocenters. The van der Waals surface area contributed by atoms with Gasteiger partial charge >= 0.3 is 0 Å². The fraction of sp³-hybridized carbons (Fsp3) is 0.611. The Bertz CT molecular complexity index is 631. The Balaban J connectivity index is 1.63. The van der Waals surface area contributed by atoms with Gasteiger partial charge in [0.25, 0.3) is 0 Å². The number of aromatic amines is 1. The average Bonchev–Trinajstić information content (AvgIpc) is 3.04. The molecular formula is C18H26N4O2. The average molecular weight is 330 g/mol. The number of aromatic nitrogens is 2. The molecule has 0 unspecified atom stereocenters. The third kappa shape index (κ3) is 3.52. The Kier molecular flexibility index (Phi) is 5.02. The van der Waals surface area contributed by atoms with Crippen molar-refractivity contribution in [3.05, 3.63) is 29.9 Å². The lowest BCUT2D eigenvalue weighted by molar-refractivity contribution is -0.137. The van der Waals surface area contributed by atoms with Crippen molar-refractivity contribution in [3.63, 3.8) is 0 Å². The number of hydrogen-bond donors (Lipinski definition) is 1. The van der Waals surface area contributed by atoms with Crippen LogP contribution in [0.2, 0.25) is 0 Å². The van der Waals surface area contributed by atoms with Crippen molar-refractivity contribution in [1.82, 2.24) is 19.8 Å². The molecule has 2 amide bonds. The molecule has 1 aliphatic heterocycles. The van der Waals surface area contributed by atoms with Crippen LogP contribution in [0.5, 0.6) is 0 Å². The zero-order valence-corrected chi connectivity index (χ0v) is 14.4. The second-order valence-electron chi connectivity index (χ2n) is 6.85. The summed E-state index contributed by atoms with van der Waals surface area (Å²) in [4.78, 5) is 35.4. The lowest BCUT2D eigenvalue weighted by atomic mass is 9.89. The lowest BCUT2D eigenvalue weighted by Gasteiger charge is -2.28. The number of fused-ring (bicyclic) bond motifs is 1. The van der Waals surface area contributed by atoms with Crippen LogP contribution in [0.15, 0.2) is 12.7 Å². The molecule has 0 saturated heterocycles. The zero-order chi connectivity index (χ0) is 17.1. The van der Waals surface area contributed by atoms with E-state index < -0.39 is 0 Å². The topological polar surface area (TPSA) is 69.3 Å². The third-order valence-electron chi connectivity index (χ3n) is 5.12. The molecule has 1 N–H and O–H groups in total. The van der Waals surface area contributed by atoms with E-state index in [0.717, 1.165) is 23.6 Å². The fourth-order valence-electron chi connectivity index (χ4n) is 3.63. The van der Waals surface area contributed by atoms with Crippen molar-refractivity contribution >= 4 is 11.8 Å². The van der Waals surface area contributed by atoms with Crippen LogP contribution < -0.4 is 0 Å². The first-order chi connectivity index (χ1) is 11.6. The lowest BCUT2D eigenvalue weighted by Crippen LogP contribution is -2.43. The molecule has 24 heavy (non-hydrogen) atoms. The molecule has 1 aromatic rings. The Morgan fingerprint density at radius 2 is 2.12 bits per heavy atom. The summed E-state index contributed by atoms with van der Waals surface area (Å²) in [5.74, 6) is 1.38. The number of amides is 2. The number of nitrogens with zero attached hydrogens (tertiary/aromatic N) is 3. The van der Waals surface area contributed by atoms with Crippen molar-refractivity contribution in [3.8, 4) is 0 Å². The summed E-state index contributed by atoms with van der Waals surface area (Å²) in [5.41, 5.74) is 2.17. The summed E-state index contributed by atoms with van der Waals surface area (Å²) in [7, 11) is 1.62. The Morgan fingerprint density at radius 3 is 2.83 bits per heavy atom. The summed E-state index contributed by atoms with van der Waals surface area (Å²) in [6, 6.07) is 0. The molecule has 1 saturated carbocycles. The maximum Gasteiger partial charge on any atom is 0.246 e. The van der Waals surface area contributed by atoms with Crippen LogP contribution in [0.4, 0.5) is 0 Å². The van der Waals surface area contributed by atoms with Gasteiger partial charge in [-0.25, -0.2) is 4.98 Å². The van der Waals surface area contributed by atoms with Crippen LogP contribution in [-0.2, 0) is 22.6 Å². The van der Waals surface area contributed by atoms with Gasteiger partial charge in [-0.15, -0.1) is 0 Å². The van der Waals surface area contributed by atoms with Gasteiger partial charge in [-0.1, -0.05) is 25.8 Å². The normalized spacial score (nSPS) is 18.1. The molecule has 3 rings (SSSR count). The third-order valence-corrected chi connectivity index (χ3v) is 5.12. The largest absolute Gasteiger partial charge is 0.344 e. The highest BCUT2D eigenvalue weighted by Crippen LogP contribution is 2.32. The van der Waals surface area contributed by atoms with Gasteiger partial charge in [0.1, 0.15) is 5.82 Å². The van der Waals surface area contributed by atoms with Crippen molar-refractivity contribution in [2.24, 2.45) is 0 Å². The molecule has 6 nitrogen and oxygen atoms in total. The van der Waals surface area contributed by atoms with E-state index in [9.17, 15) is 9.59 Å². The smallest absolute Gasteiger partial charge is 0.246 e. The first-order valence-electron chi connectivity index (χ1n) is 8.81. The van der Waals surface area contributed by atoms with E-state index in [1.165, 1.54) is 43.1 Å². The van der Waals surface area contributed by atoms with Crippen LogP contribution in [0.1, 0.15) is 55.2 Å². The van der Waals surface area contributed by atoms with E-state index in [-0.39, 0.29) is 18.4 Å². The number of H-pyrrole nitrogens is 1. The van der Waals surface area contributed by atoms with E-state index >= 15 is 0 Å². The molecule has 0 bridgehead atoms. The molecule has 2 heterocycles. The summed E-state index contributed by atoms with van der Waals surface area (Å²) in [6.45, 7) is 4.76. The molecule has 1 fully saturated rings. The van der Waals surface area contributed by atoms with Crippen LogP contribution in [0.3, 0.4) is 0 Å². The first-order valence-corrected chi connectivity index (χ1v) is 8.81. The minimum atomic E-state index is -0.234. The van der Waals surface area contributed by atoms with Gasteiger partial charge in [0.15, 0.2) is 0 Å². The van der Waals surface area contributed by atoms with E-state index in [1.807, 2.05) is 0 Å². The molecule has 0 aromatic carbocycles. The fourth-order valence-corrected chi connectivity index (χ4v) is 3.63. The molecule has 130 valence electrons. The van der Waals surface area contributed by atoms with Gasteiger partial charge in [-0.3, -0.25) is 9.59 Å². The standard InChI is InChI=1S/C18H26N4O2/c1-3-16(23)21(2)12-17(24)22-10-9-14-15(11-22)20-18(19-14)13-7-5-4-6-8-13/h3,13H,1,4-12H2,2H3,(H,19,20). The van der Waals surface area contributed by atoms with Crippen molar-refractivity contribution in [2.45, 2.75) is 51.0 Å². The molecule has 1 aromatic heterocycles. The van der Waals surface area contributed by atoms with E-state index in [1.54, 1.807) is 11.9 Å². The molecule has 1 aliphatic carbocycles. The van der Waals surface area contributed by atoms with Gasteiger partial charge in [0.2, 0.25) is 11.8 Å².